The first-order valence-electron chi connectivity index (χ1n) is 10.9. The molecule has 0 aromatic heterocycles. The third-order valence-corrected chi connectivity index (χ3v) is 6.41. The average molecular weight is 369 g/mol. The molecular formula is C24H36N2O. The van der Waals surface area contributed by atoms with Crippen molar-refractivity contribution in [2.75, 3.05) is 7.05 Å². The van der Waals surface area contributed by atoms with Gasteiger partial charge in [-0.05, 0) is 62.8 Å². The van der Waals surface area contributed by atoms with E-state index >= 15 is 0 Å². The summed E-state index contributed by atoms with van der Waals surface area (Å²) in [5, 5.41) is 6.63. The van der Waals surface area contributed by atoms with Crippen LogP contribution in [0.25, 0.3) is 6.08 Å². The van der Waals surface area contributed by atoms with E-state index in [4.69, 9.17) is 0 Å². The molecule has 2 aliphatic carbocycles. The number of amides is 1. The minimum atomic E-state index is 0.179. The number of nitrogens with one attached hydrogen (secondary N) is 2. The highest BCUT2D eigenvalue weighted by Crippen LogP contribution is 2.39. The van der Waals surface area contributed by atoms with Gasteiger partial charge in [0.25, 0.3) is 0 Å². The molecule has 0 bridgehead atoms. The highest BCUT2D eigenvalue weighted by molar-refractivity contribution is 5.75. The Balaban J connectivity index is 1.31. The highest BCUT2D eigenvalue weighted by Gasteiger charge is 2.39. The van der Waals surface area contributed by atoms with Crippen LogP contribution in [0, 0.1) is 11.8 Å². The fraction of sp³-hybridized carbons (Fsp3) is 0.625. The van der Waals surface area contributed by atoms with Crippen molar-refractivity contribution in [1.82, 2.24) is 10.6 Å². The van der Waals surface area contributed by atoms with Crippen molar-refractivity contribution in [3.63, 3.8) is 0 Å². The number of carbonyl (C=O) groups excluding carboxylic acids is 1. The van der Waals surface area contributed by atoms with Crippen LogP contribution in [0.3, 0.4) is 0 Å². The van der Waals surface area contributed by atoms with E-state index in [-0.39, 0.29) is 5.91 Å². The van der Waals surface area contributed by atoms with Crippen LogP contribution in [0.15, 0.2) is 35.9 Å². The highest BCUT2D eigenvalue weighted by atomic mass is 16.1. The van der Waals surface area contributed by atoms with Gasteiger partial charge < -0.3 is 10.6 Å². The first-order valence-corrected chi connectivity index (χ1v) is 10.9. The molecule has 0 radical (unpaired) electrons. The summed E-state index contributed by atoms with van der Waals surface area (Å²) < 4.78 is 0. The molecule has 2 saturated carbocycles. The Kier molecular flexibility index (Phi) is 7.51. The molecule has 1 amide bonds. The number of unbranched alkanes of at least 4 members (excludes halogenated alkanes) is 1. The largest absolute Gasteiger partial charge is 0.359 e. The van der Waals surface area contributed by atoms with Crippen LogP contribution in [0.2, 0.25) is 0 Å². The summed E-state index contributed by atoms with van der Waals surface area (Å²) in [5.41, 5.74) is 2.83. The van der Waals surface area contributed by atoms with Crippen LogP contribution in [-0.2, 0) is 4.79 Å². The molecule has 1 aromatic carbocycles. The summed E-state index contributed by atoms with van der Waals surface area (Å²) >= 11 is 0. The summed E-state index contributed by atoms with van der Waals surface area (Å²) in [6.45, 7) is 2.29. The molecule has 2 fully saturated rings. The lowest BCUT2D eigenvalue weighted by Crippen LogP contribution is -2.35. The Hall–Kier alpha value is -1.61. The van der Waals surface area contributed by atoms with Crippen LogP contribution in [0.5, 0.6) is 0 Å². The number of hydrogen-bond donors (Lipinski definition) is 2. The van der Waals surface area contributed by atoms with E-state index in [0.29, 0.717) is 18.5 Å². The molecule has 1 aromatic rings. The standard InChI is InChI=1S/C24H36N2O/c1-18(16-20-9-4-3-5-10-20)22-17-23(22)26-21-14-12-19(13-15-21)8-6-7-11-24(27)25-2/h3-5,9-10,16,19,21-23,26H,6-8,11-15,17H2,1-2H3,(H,25,27)/b18-16+/t19?,21?,22-,23+/m0/s1. The summed E-state index contributed by atoms with van der Waals surface area (Å²) in [6.07, 6.45) is 13.2. The SMILES string of the molecule is CNC(=O)CCCCC1CCC(N[C@@H]2C[C@H]2/C(C)=C/c2ccccc2)CC1. The van der Waals surface area contributed by atoms with Crippen LogP contribution in [0.1, 0.15) is 70.3 Å². The molecular weight excluding hydrogens is 332 g/mol. The van der Waals surface area contributed by atoms with Gasteiger partial charge in [-0.1, -0.05) is 54.8 Å². The van der Waals surface area contributed by atoms with Crippen LogP contribution in [0.4, 0.5) is 0 Å². The van der Waals surface area contributed by atoms with Gasteiger partial charge >= 0.3 is 0 Å². The van der Waals surface area contributed by atoms with E-state index in [1.807, 2.05) is 0 Å². The number of hydrogen-bond acceptors (Lipinski definition) is 2. The second-order valence-corrected chi connectivity index (χ2v) is 8.55. The summed E-state index contributed by atoms with van der Waals surface area (Å²) in [4.78, 5) is 11.3. The Bertz CT molecular complexity index is 617. The molecule has 2 aliphatic rings. The summed E-state index contributed by atoms with van der Waals surface area (Å²) in [7, 11) is 1.72. The summed E-state index contributed by atoms with van der Waals surface area (Å²) in [6, 6.07) is 12.1. The lowest BCUT2D eigenvalue weighted by atomic mass is 9.83. The van der Waals surface area contributed by atoms with Gasteiger partial charge in [0.05, 0.1) is 0 Å². The van der Waals surface area contributed by atoms with Gasteiger partial charge in [-0.2, -0.15) is 0 Å². The molecule has 2 atom stereocenters. The van der Waals surface area contributed by atoms with E-state index in [1.54, 1.807) is 7.05 Å². The minimum Gasteiger partial charge on any atom is -0.359 e. The van der Waals surface area contributed by atoms with Gasteiger partial charge in [0.15, 0.2) is 0 Å². The number of benzene rings is 1. The van der Waals surface area contributed by atoms with E-state index in [1.165, 1.54) is 56.1 Å². The molecule has 0 spiro atoms. The van der Waals surface area contributed by atoms with Crippen molar-refractivity contribution >= 4 is 12.0 Å². The lowest BCUT2D eigenvalue weighted by Gasteiger charge is -2.29. The number of rotatable bonds is 9. The van der Waals surface area contributed by atoms with Crippen molar-refractivity contribution < 1.29 is 4.79 Å². The smallest absolute Gasteiger partial charge is 0.219 e. The maximum Gasteiger partial charge on any atom is 0.219 e. The van der Waals surface area contributed by atoms with E-state index in [0.717, 1.165) is 18.3 Å². The Morgan fingerprint density at radius 3 is 2.56 bits per heavy atom. The molecule has 0 saturated heterocycles. The molecule has 0 aliphatic heterocycles. The van der Waals surface area contributed by atoms with Gasteiger partial charge in [-0.25, -0.2) is 0 Å². The molecule has 3 heteroatoms. The topological polar surface area (TPSA) is 41.1 Å². The molecule has 148 valence electrons. The van der Waals surface area contributed by atoms with Gasteiger partial charge in [-0.15, -0.1) is 0 Å². The van der Waals surface area contributed by atoms with Crippen molar-refractivity contribution in [3.8, 4) is 0 Å². The zero-order valence-corrected chi connectivity index (χ0v) is 17.0. The monoisotopic (exact) mass is 368 g/mol. The van der Waals surface area contributed by atoms with Crippen molar-refractivity contribution in [1.29, 1.82) is 0 Å². The third-order valence-electron chi connectivity index (χ3n) is 6.41. The van der Waals surface area contributed by atoms with Crippen LogP contribution < -0.4 is 10.6 Å². The molecule has 3 nitrogen and oxygen atoms in total. The Labute approximate surface area is 165 Å². The number of carbonyl (C=O) groups is 1. The Morgan fingerprint density at radius 2 is 1.85 bits per heavy atom. The second-order valence-electron chi connectivity index (χ2n) is 8.55. The van der Waals surface area contributed by atoms with Gasteiger partial charge in [0, 0.05) is 25.6 Å². The predicted molar refractivity (Wildman–Crippen MR) is 113 cm³/mol. The van der Waals surface area contributed by atoms with Crippen molar-refractivity contribution in [3.05, 3.63) is 41.5 Å². The van der Waals surface area contributed by atoms with E-state index in [2.05, 4.69) is 54.0 Å². The van der Waals surface area contributed by atoms with Crippen LogP contribution in [-0.4, -0.2) is 25.0 Å². The maximum atomic E-state index is 11.3. The maximum absolute atomic E-state index is 11.3. The quantitative estimate of drug-likeness (QED) is 0.607. The van der Waals surface area contributed by atoms with Crippen molar-refractivity contribution in [2.45, 2.75) is 76.8 Å². The van der Waals surface area contributed by atoms with E-state index < -0.39 is 0 Å². The summed E-state index contributed by atoms with van der Waals surface area (Å²) in [5.74, 6) is 1.79. The minimum absolute atomic E-state index is 0.179. The van der Waals surface area contributed by atoms with Gasteiger partial charge in [0.2, 0.25) is 5.91 Å². The van der Waals surface area contributed by atoms with Crippen molar-refractivity contribution in [2.24, 2.45) is 11.8 Å². The fourth-order valence-corrected chi connectivity index (χ4v) is 4.57. The lowest BCUT2D eigenvalue weighted by molar-refractivity contribution is -0.120. The third kappa shape index (κ3) is 6.49. The fourth-order valence-electron chi connectivity index (χ4n) is 4.57. The molecule has 0 heterocycles. The zero-order chi connectivity index (χ0) is 19.1. The van der Waals surface area contributed by atoms with Crippen LogP contribution >= 0.6 is 0 Å². The molecule has 0 unspecified atom stereocenters. The van der Waals surface area contributed by atoms with Gasteiger partial charge in [-0.3, -0.25) is 4.79 Å². The first-order chi connectivity index (χ1) is 13.2. The molecule has 3 rings (SSSR count). The second kappa shape index (κ2) is 10.1. The normalized spacial score (nSPS) is 28.0. The molecule has 27 heavy (non-hydrogen) atoms. The van der Waals surface area contributed by atoms with E-state index in [9.17, 15) is 4.79 Å². The zero-order valence-electron chi connectivity index (χ0n) is 17.0. The first kappa shape index (κ1) is 20.1. The van der Waals surface area contributed by atoms with Gasteiger partial charge in [0.1, 0.15) is 0 Å². The predicted octanol–water partition coefficient (Wildman–Crippen LogP) is 4.93. The Morgan fingerprint density at radius 1 is 1.11 bits per heavy atom. The average Bonchev–Trinajstić information content (AvgIpc) is 3.46. The molecule has 2 N–H and O–H groups in total.